The van der Waals surface area contributed by atoms with E-state index in [9.17, 15) is 18.0 Å². The van der Waals surface area contributed by atoms with Crippen molar-refractivity contribution < 1.29 is 18.0 Å². The van der Waals surface area contributed by atoms with Gasteiger partial charge in [-0.3, -0.25) is 9.79 Å². The molecule has 2 aliphatic rings. The lowest BCUT2D eigenvalue weighted by atomic mass is 9.92. The Bertz CT molecular complexity index is 610. The first-order valence-corrected chi connectivity index (χ1v) is 7.47. The number of nitrogens with one attached hydrogen (secondary N) is 1. The van der Waals surface area contributed by atoms with Crippen molar-refractivity contribution in [2.45, 2.75) is 50.4 Å². The number of alkyl halides is 3. The lowest BCUT2D eigenvalue weighted by molar-refractivity contribution is -0.137. The van der Waals surface area contributed by atoms with Gasteiger partial charge in [0.25, 0.3) is 0 Å². The zero-order valence-electron chi connectivity index (χ0n) is 12.0. The van der Waals surface area contributed by atoms with Gasteiger partial charge >= 0.3 is 6.18 Å². The summed E-state index contributed by atoms with van der Waals surface area (Å²) in [7, 11) is 0. The van der Waals surface area contributed by atoms with Crippen LogP contribution < -0.4 is 5.32 Å². The average Bonchev–Trinajstić information content (AvgIpc) is 2.88. The van der Waals surface area contributed by atoms with Crippen LogP contribution in [-0.2, 0) is 6.18 Å². The van der Waals surface area contributed by atoms with Crippen LogP contribution >= 0.6 is 0 Å². The van der Waals surface area contributed by atoms with Gasteiger partial charge in [-0.25, -0.2) is 0 Å². The molecular weight excluding hydrogens is 293 g/mol. The third kappa shape index (κ3) is 3.15. The Balaban J connectivity index is 1.70. The number of aliphatic imine (C=N–C) groups is 1. The maximum Gasteiger partial charge on any atom is 0.416 e. The van der Waals surface area contributed by atoms with Gasteiger partial charge in [-0.05, 0) is 25.0 Å². The van der Waals surface area contributed by atoms with Gasteiger partial charge in [-0.2, -0.15) is 13.2 Å². The first-order chi connectivity index (χ1) is 10.4. The van der Waals surface area contributed by atoms with Gasteiger partial charge in [0.2, 0.25) is 0 Å². The Kier molecular flexibility index (Phi) is 3.93. The van der Waals surface area contributed by atoms with Crippen molar-refractivity contribution in [1.82, 2.24) is 5.32 Å². The van der Waals surface area contributed by atoms with E-state index in [0.29, 0.717) is 5.84 Å². The van der Waals surface area contributed by atoms with Crippen LogP contribution in [0.1, 0.15) is 48.0 Å². The number of rotatable bonds is 3. The smallest absolute Gasteiger partial charge is 0.369 e. The van der Waals surface area contributed by atoms with Gasteiger partial charge in [0, 0.05) is 11.6 Å². The number of carbonyl (C=O) groups excluding carboxylic acids is 1. The first kappa shape index (κ1) is 15.1. The molecule has 118 valence electrons. The third-order valence-electron chi connectivity index (χ3n) is 4.24. The van der Waals surface area contributed by atoms with E-state index in [1.807, 2.05) is 0 Å². The van der Waals surface area contributed by atoms with E-state index in [4.69, 9.17) is 0 Å². The summed E-state index contributed by atoms with van der Waals surface area (Å²) in [4.78, 5) is 16.7. The summed E-state index contributed by atoms with van der Waals surface area (Å²) in [5.74, 6) is 0.273. The number of nitrogens with zero attached hydrogens (tertiary/aromatic N) is 1. The van der Waals surface area contributed by atoms with Crippen LogP contribution in [0.5, 0.6) is 0 Å². The van der Waals surface area contributed by atoms with Gasteiger partial charge in [0.1, 0.15) is 5.84 Å². The second-order valence-electron chi connectivity index (χ2n) is 5.86. The van der Waals surface area contributed by atoms with Crippen molar-refractivity contribution in [2.75, 3.05) is 0 Å². The normalized spacial score (nSPS) is 24.4. The van der Waals surface area contributed by atoms with E-state index in [2.05, 4.69) is 10.3 Å². The highest BCUT2D eigenvalue weighted by Crippen LogP contribution is 2.30. The summed E-state index contributed by atoms with van der Waals surface area (Å²) in [6.07, 6.45) is -0.0588. The highest BCUT2D eigenvalue weighted by atomic mass is 19.4. The second-order valence-corrected chi connectivity index (χ2v) is 5.86. The van der Waals surface area contributed by atoms with E-state index in [1.165, 1.54) is 12.1 Å². The fourth-order valence-corrected chi connectivity index (χ4v) is 3.11. The number of amidine groups is 1. The topological polar surface area (TPSA) is 41.5 Å². The SMILES string of the molecule is O=C(CC1=N[C@H]2CCCC[C@H]2N1)c1cccc(C(F)(F)F)c1. The number of hydrogen-bond donors (Lipinski definition) is 1. The lowest BCUT2D eigenvalue weighted by Crippen LogP contribution is -2.37. The van der Waals surface area contributed by atoms with E-state index in [1.54, 1.807) is 0 Å². The molecule has 1 saturated carbocycles. The van der Waals surface area contributed by atoms with E-state index < -0.39 is 11.7 Å². The van der Waals surface area contributed by atoms with Crippen molar-refractivity contribution in [3.05, 3.63) is 35.4 Å². The molecule has 6 heteroatoms. The monoisotopic (exact) mass is 310 g/mol. The van der Waals surface area contributed by atoms with E-state index in [-0.39, 0.29) is 29.9 Å². The number of halogens is 3. The van der Waals surface area contributed by atoms with Crippen LogP contribution in [-0.4, -0.2) is 23.7 Å². The number of hydrogen-bond acceptors (Lipinski definition) is 3. The molecular formula is C16H17F3N2O. The molecule has 0 amide bonds. The minimum atomic E-state index is -4.44. The highest BCUT2D eigenvalue weighted by Gasteiger charge is 2.33. The molecule has 1 aliphatic carbocycles. The minimum Gasteiger partial charge on any atom is -0.369 e. The average molecular weight is 310 g/mol. The van der Waals surface area contributed by atoms with Crippen LogP contribution in [0, 0.1) is 0 Å². The summed E-state index contributed by atoms with van der Waals surface area (Å²) in [6, 6.07) is 5.07. The number of carbonyl (C=O) groups is 1. The molecule has 22 heavy (non-hydrogen) atoms. The second kappa shape index (κ2) is 5.74. The Hall–Kier alpha value is -1.85. The van der Waals surface area contributed by atoms with Crippen molar-refractivity contribution in [3.63, 3.8) is 0 Å². The Morgan fingerprint density at radius 3 is 2.77 bits per heavy atom. The molecule has 0 bridgehead atoms. The lowest BCUT2D eigenvalue weighted by Gasteiger charge is -2.23. The summed E-state index contributed by atoms with van der Waals surface area (Å²) in [5, 5.41) is 3.25. The van der Waals surface area contributed by atoms with Crippen molar-refractivity contribution >= 4 is 11.6 Å². The Morgan fingerprint density at radius 1 is 1.27 bits per heavy atom. The molecule has 1 heterocycles. The van der Waals surface area contributed by atoms with Crippen molar-refractivity contribution in [1.29, 1.82) is 0 Å². The molecule has 0 saturated heterocycles. The molecule has 1 aromatic rings. The van der Waals surface area contributed by atoms with Gasteiger partial charge in [-0.15, -0.1) is 0 Å². The van der Waals surface area contributed by atoms with Crippen LogP contribution in [0.3, 0.4) is 0 Å². The Labute approximate surface area is 126 Å². The standard InChI is InChI=1S/C16H17F3N2O/c17-16(18,19)11-5-3-4-10(8-11)14(22)9-15-20-12-6-1-2-7-13(12)21-15/h3-5,8,12-13H,1-2,6-7,9H2,(H,20,21)/t12-,13+. The zero-order chi connectivity index (χ0) is 15.7. The van der Waals surface area contributed by atoms with Crippen molar-refractivity contribution in [2.24, 2.45) is 4.99 Å². The molecule has 1 N–H and O–H groups in total. The predicted octanol–water partition coefficient (Wildman–Crippen LogP) is 3.59. The molecule has 0 aromatic heterocycles. The number of benzene rings is 1. The largest absolute Gasteiger partial charge is 0.416 e. The Morgan fingerprint density at radius 2 is 2.05 bits per heavy atom. The van der Waals surface area contributed by atoms with Gasteiger partial charge < -0.3 is 5.32 Å². The fraction of sp³-hybridized carbons (Fsp3) is 0.500. The van der Waals surface area contributed by atoms with Gasteiger partial charge in [-0.1, -0.05) is 25.0 Å². The number of Topliss-reactive ketones (excluding diaryl/α,β-unsaturated/α-hetero) is 1. The minimum absolute atomic E-state index is 0.0360. The molecule has 0 spiro atoms. The van der Waals surface area contributed by atoms with Crippen LogP contribution in [0.4, 0.5) is 13.2 Å². The molecule has 1 aliphatic heterocycles. The van der Waals surface area contributed by atoms with E-state index in [0.717, 1.165) is 37.8 Å². The molecule has 0 unspecified atom stereocenters. The molecule has 2 atom stereocenters. The maximum absolute atomic E-state index is 12.7. The van der Waals surface area contributed by atoms with Gasteiger partial charge in [0.05, 0.1) is 18.0 Å². The first-order valence-electron chi connectivity index (χ1n) is 7.47. The summed E-state index contributed by atoms with van der Waals surface area (Å²) < 4.78 is 38.1. The van der Waals surface area contributed by atoms with E-state index >= 15 is 0 Å². The van der Waals surface area contributed by atoms with Crippen LogP contribution in [0.2, 0.25) is 0 Å². The summed E-state index contributed by atoms with van der Waals surface area (Å²) in [5.41, 5.74) is -0.720. The highest BCUT2D eigenvalue weighted by molar-refractivity contribution is 6.09. The quantitative estimate of drug-likeness (QED) is 0.867. The number of ketones is 1. The summed E-state index contributed by atoms with van der Waals surface area (Å²) >= 11 is 0. The zero-order valence-corrected chi connectivity index (χ0v) is 12.0. The molecule has 1 fully saturated rings. The summed E-state index contributed by atoms with van der Waals surface area (Å²) in [6.45, 7) is 0. The predicted molar refractivity (Wildman–Crippen MR) is 77.0 cm³/mol. The third-order valence-corrected chi connectivity index (χ3v) is 4.24. The molecule has 1 aromatic carbocycles. The fourth-order valence-electron chi connectivity index (χ4n) is 3.11. The molecule has 3 nitrogen and oxygen atoms in total. The molecule has 0 radical (unpaired) electrons. The van der Waals surface area contributed by atoms with Crippen LogP contribution in [0.15, 0.2) is 29.3 Å². The van der Waals surface area contributed by atoms with Crippen molar-refractivity contribution in [3.8, 4) is 0 Å². The molecule has 3 rings (SSSR count). The van der Waals surface area contributed by atoms with Gasteiger partial charge in [0.15, 0.2) is 5.78 Å². The number of fused-ring (bicyclic) bond motifs is 1. The maximum atomic E-state index is 12.7. The van der Waals surface area contributed by atoms with Crippen LogP contribution in [0.25, 0.3) is 0 Å².